The van der Waals surface area contributed by atoms with Crippen molar-refractivity contribution in [3.05, 3.63) is 64.2 Å². The van der Waals surface area contributed by atoms with Crippen LogP contribution < -0.4 is 10.6 Å². The smallest absolute Gasteiger partial charge is 0.0427 e. The predicted octanol–water partition coefficient (Wildman–Crippen LogP) is 3.74. The second-order valence-corrected chi connectivity index (χ2v) is 5.26. The van der Waals surface area contributed by atoms with E-state index in [9.17, 15) is 0 Å². The Bertz CT molecular complexity index is 549. The Hall–Kier alpha value is -1.51. The zero-order valence-corrected chi connectivity index (χ0v) is 12.1. The molecule has 100 valence electrons. The van der Waals surface area contributed by atoms with E-state index in [1.165, 1.54) is 11.1 Å². The number of anilines is 1. The van der Waals surface area contributed by atoms with Crippen LogP contribution in [0, 0.1) is 6.92 Å². The molecule has 0 aliphatic heterocycles. The third-order valence-electron chi connectivity index (χ3n) is 3.22. The number of hydrogen-bond acceptors (Lipinski definition) is 2. The van der Waals surface area contributed by atoms with Crippen LogP contribution in [0.5, 0.6) is 0 Å². The molecule has 0 aromatic heterocycles. The van der Waals surface area contributed by atoms with Gasteiger partial charge in [-0.2, -0.15) is 0 Å². The van der Waals surface area contributed by atoms with Gasteiger partial charge in [-0.1, -0.05) is 47.5 Å². The third-order valence-corrected chi connectivity index (χ3v) is 3.45. The van der Waals surface area contributed by atoms with Crippen LogP contribution in [0.2, 0.25) is 5.02 Å². The minimum atomic E-state index is 0.519. The van der Waals surface area contributed by atoms with Crippen molar-refractivity contribution in [1.29, 1.82) is 0 Å². The number of nitrogens with two attached hydrogens (primary N) is 1. The minimum absolute atomic E-state index is 0.519. The largest absolute Gasteiger partial charge is 0.370 e. The molecule has 0 fully saturated rings. The average Bonchev–Trinajstić information content (AvgIpc) is 2.41. The lowest BCUT2D eigenvalue weighted by Gasteiger charge is -2.22. The van der Waals surface area contributed by atoms with Crippen LogP contribution in [0.15, 0.2) is 42.5 Å². The van der Waals surface area contributed by atoms with Crippen molar-refractivity contribution in [3.63, 3.8) is 0 Å². The normalized spacial score (nSPS) is 10.5. The topological polar surface area (TPSA) is 29.3 Å². The first-order chi connectivity index (χ1) is 9.10. The number of hydrogen-bond donors (Lipinski definition) is 1. The molecule has 2 aromatic carbocycles. The molecule has 0 spiro atoms. The first kappa shape index (κ1) is 13.9. The predicted molar refractivity (Wildman–Crippen MR) is 82.6 cm³/mol. The standard InChI is InChI=1S/C16H19ClN2/c1-12-3-5-13(6-4-12)11-19(2)16-9-15(17)8-7-14(16)10-18/h3-9H,10-11,18H2,1-2H3. The van der Waals surface area contributed by atoms with Gasteiger partial charge in [0.1, 0.15) is 0 Å². The van der Waals surface area contributed by atoms with Gasteiger partial charge in [0.2, 0.25) is 0 Å². The molecule has 0 amide bonds. The third kappa shape index (κ3) is 3.49. The summed E-state index contributed by atoms with van der Waals surface area (Å²) in [5, 5.41) is 0.739. The van der Waals surface area contributed by atoms with E-state index in [0.717, 1.165) is 22.8 Å². The van der Waals surface area contributed by atoms with Gasteiger partial charge in [0.25, 0.3) is 0 Å². The second kappa shape index (κ2) is 6.09. The van der Waals surface area contributed by atoms with E-state index in [1.807, 2.05) is 18.2 Å². The molecule has 0 aliphatic carbocycles. The monoisotopic (exact) mass is 274 g/mol. The molecule has 2 nitrogen and oxygen atoms in total. The molecule has 0 saturated heterocycles. The van der Waals surface area contributed by atoms with E-state index in [0.29, 0.717) is 6.54 Å². The quantitative estimate of drug-likeness (QED) is 0.920. The Morgan fingerprint density at radius 2 is 1.79 bits per heavy atom. The summed E-state index contributed by atoms with van der Waals surface area (Å²) in [6.45, 7) is 3.45. The molecular weight excluding hydrogens is 256 g/mol. The number of rotatable bonds is 4. The van der Waals surface area contributed by atoms with Crippen molar-refractivity contribution in [2.75, 3.05) is 11.9 Å². The van der Waals surface area contributed by atoms with E-state index in [-0.39, 0.29) is 0 Å². The molecule has 2 aromatic rings. The summed E-state index contributed by atoms with van der Waals surface area (Å²) >= 11 is 6.07. The highest BCUT2D eigenvalue weighted by molar-refractivity contribution is 6.30. The van der Waals surface area contributed by atoms with E-state index in [2.05, 4.69) is 43.1 Å². The number of halogens is 1. The van der Waals surface area contributed by atoms with Crippen molar-refractivity contribution in [1.82, 2.24) is 0 Å². The van der Waals surface area contributed by atoms with Gasteiger partial charge in [0.05, 0.1) is 0 Å². The summed E-state index contributed by atoms with van der Waals surface area (Å²) < 4.78 is 0. The van der Waals surface area contributed by atoms with Crippen molar-refractivity contribution >= 4 is 17.3 Å². The summed E-state index contributed by atoms with van der Waals surface area (Å²) in [5.74, 6) is 0. The van der Waals surface area contributed by atoms with Crippen LogP contribution in [-0.4, -0.2) is 7.05 Å². The Labute approximate surface area is 119 Å². The van der Waals surface area contributed by atoms with E-state index in [1.54, 1.807) is 0 Å². The number of aryl methyl sites for hydroxylation is 1. The van der Waals surface area contributed by atoms with E-state index in [4.69, 9.17) is 17.3 Å². The molecule has 0 atom stereocenters. The van der Waals surface area contributed by atoms with Gasteiger partial charge in [0, 0.05) is 30.8 Å². The lowest BCUT2D eigenvalue weighted by atomic mass is 10.1. The highest BCUT2D eigenvalue weighted by atomic mass is 35.5. The molecule has 0 heterocycles. The second-order valence-electron chi connectivity index (χ2n) is 4.82. The Morgan fingerprint density at radius 1 is 1.11 bits per heavy atom. The maximum absolute atomic E-state index is 6.07. The Morgan fingerprint density at radius 3 is 2.42 bits per heavy atom. The molecule has 0 bridgehead atoms. The van der Waals surface area contributed by atoms with E-state index >= 15 is 0 Å². The van der Waals surface area contributed by atoms with Gasteiger partial charge in [-0.05, 0) is 30.2 Å². The van der Waals surface area contributed by atoms with Gasteiger partial charge in [-0.25, -0.2) is 0 Å². The fraction of sp³-hybridized carbons (Fsp3) is 0.250. The maximum Gasteiger partial charge on any atom is 0.0427 e. The molecule has 0 aliphatic rings. The molecule has 2 N–H and O–H groups in total. The summed E-state index contributed by atoms with van der Waals surface area (Å²) in [6, 6.07) is 14.4. The zero-order chi connectivity index (χ0) is 13.8. The van der Waals surface area contributed by atoms with Gasteiger partial charge in [-0.15, -0.1) is 0 Å². The van der Waals surface area contributed by atoms with Crippen LogP contribution in [0.3, 0.4) is 0 Å². The van der Waals surface area contributed by atoms with Gasteiger partial charge < -0.3 is 10.6 Å². The summed E-state index contributed by atoms with van der Waals surface area (Å²) in [6.07, 6.45) is 0. The lowest BCUT2D eigenvalue weighted by Crippen LogP contribution is -2.18. The van der Waals surface area contributed by atoms with Crippen molar-refractivity contribution in [2.45, 2.75) is 20.0 Å². The summed E-state index contributed by atoms with van der Waals surface area (Å²) in [4.78, 5) is 2.18. The highest BCUT2D eigenvalue weighted by Gasteiger charge is 2.08. The minimum Gasteiger partial charge on any atom is -0.370 e. The van der Waals surface area contributed by atoms with Gasteiger partial charge >= 0.3 is 0 Å². The average molecular weight is 275 g/mol. The highest BCUT2D eigenvalue weighted by Crippen LogP contribution is 2.25. The van der Waals surface area contributed by atoms with Crippen LogP contribution in [0.4, 0.5) is 5.69 Å². The Kier molecular flexibility index (Phi) is 4.46. The zero-order valence-electron chi connectivity index (χ0n) is 11.4. The molecule has 0 radical (unpaired) electrons. The fourth-order valence-corrected chi connectivity index (χ4v) is 2.28. The maximum atomic E-state index is 6.07. The first-order valence-corrected chi connectivity index (χ1v) is 6.73. The SMILES string of the molecule is Cc1ccc(CN(C)c2cc(Cl)ccc2CN)cc1. The summed E-state index contributed by atoms with van der Waals surface area (Å²) in [5.41, 5.74) is 10.5. The van der Waals surface area contributed by atoms with Gasteiger partial charge in [0.15, 0.2) is 0 Å². The molecule has 2 rings (SSSR count). The van der Waals surface area contributed by atoms with Crippen LogP contribution in [0.25, 0.3) is 0 Å². The van der Waals surface area contributed by atoms with Crippen molar-refractivity contribution < 1.29 is 0 Å². The number of nitrogens with zero attached hydrogens (tertiary/aromatic N) is 1. The van der Waals surface area contributed by atoms with Crippen molar-refractivity contribution in [3.8, 4) is 0 Å². The summed E-state index contributed by atoms with van der Waals surface area (Å²) in [7, 11) is 2.06. The van der Waals surface area contributed by atoms with Crippen molar-refractivity contribution in [2.24, 2.45) is 5.73 Å². The lowest BCUT2D eigenvalue weighted by molar-refractivity contribution is 0.903. The van der Waals surface area contributed by atoms with E-state index < -0.39 is 0 Å². The fourth-order valence-electron chi connectivity index (χ4n) is 2.12. The van der Waals surface area contributed by atoms with Crippen LogP contribution in [0.1, 0.15) is 16.7 Å². The van der Waals surface area contributed by atoms with Crippen LogP contribution in [-0.2, 0) is 13.1 Å². The molecular formula is C16H19ClN2. The number of benzene rings is 2. The molecule has 19 heavy (non-hydrogen) atoms. The molecule has 0 saturated carbocycles. The first-order valence-electron chi connectivity index (χ1n) is 6.35. The molecule has 0 unspecified atom stereocenters. The molecule has 3 heteroatoms. The van der Waals surface area contributed by atoms with Crippen LogP contribution >= 0.6 is 11.6 Å². The van der Waals surface area contributed by atoms with Gasteiger partial charge in [-0.3, -0.25) is 0 Å². The Balaban J connectivity index is 2.21.